The molecule has 3 N–H and O–H groups in total. The van der Waals surface area contributed by atoms with E-state index < -0.39 is 0 Å². The van der Waals surface area contributed by atoms with Gasteiger partial charge in [0.25, 0.3) is 0 Å². The molecular weight excluding hydrogens is 488 g/mol. The number of likely N-dealkylation sites (tertiary alicyclic amines) is 1. The minimum Gasteiger partial charge on any atom is -0.373 e. The van der Waals surface area contributed by atoms with Crippen molar-refractivity contribution in [2.24, 2.45) is 11.8 Å². The minimum absolute atomic E-state index is 0.0157. The van der Waals surface area contributed by atoms with E-state index in [4.69, 9.17) is 16.3 Å². The average Bonchev–Trinajstić information content (AvgIpc) is 2.87. The largest absolute Gasteiger partial charge is 0.373 e. The predicted octanol–water partition coefficient (Wildman–Crippen LogP) is 5.29. The number of benzene rings is 1. The maximum atomic E-state index is 13.4. The van der Waals surface area contributed by atoms with E-state index in [1.165, 1.54) is 32.1 Å². The summed E-state index contributed by atoms with van der Waals surface area (Å²) in [5.74, 6) is 0.820. The molecule has 1 aromatic carbocycles. The van der Waals surface area contributed by atoms with Crippen LogP contribution in [0.5, 0.6) is 0 Å². The zero-order valence-corrected chi connectivity index (χ0v) is 23.7. The molecular formula is C29H47ClN4O3. The van der Waals surface area contributed by atoms with E-state index in [0.29, 0.717) is 30.5 Å². The van der Waals surface area contributed by atoms with E-state index in [1.807, 2.05) is 50.1 Å². The molecule has 2 fully saturated rings. The van der Waals surface area contributed by atoms with Gasteiger partial charge in [-0.05, 0) is 63.8 Å². The van der Waals surface area contributed by atoms with Gasteiger partial charge in [0.05, 0.1) is 12.7 Å². The quantitative estimate of drug-likeness (QED) is 0.340. The first-order valence-corrected chi connectivity index (χ1v) is 14.6. The summed E-state index contributed by atoms with van der Waals surface area (Å²) in [5.41, 5.74) is 0.995. The lowest BCUT2D eigenvalue weighted by Gasteiger charge is -2.38. The predicted molar refractivity (Wildman–Crippen MR) is 150 cm³/mol. The maximum Gasteiger partial charge on any atom is 0.317 e. The van der Waals surface area contributed by atoms with E-state index >= 15 is 0 Å². The van der Waals surface area contributed by atoms with Gasteiger partial charge in [0.2, 0.25) is 5.91 Å². The summed E-state index contributed by atoms with van der Waals surface area (Å²) in [7, 11) is 1.95. The molecule has 1 saturated heterocycles. The van der Waals surface area contributed by atoms with Crippen LogP contribution in [-0.4, -0.2) is 62.2 Å². The maximum absolute atomic E-state index is 13.4. The first kappa shape index (κ1) is 29.7. The van der Waals surface area contributed by atoms with Gasteiger partial charge in [-0.3, -0.25) is 4.79 Å². The number of carbonyl (C=O) groups excluding carboxylic acids is 2. The van der Waals surface area contributed by atoms with Gasteiger partial charge >= 0.3 is 6.03 Å². The highest BCUT2D eigenvalue weighted by molar-refractivity contribution is 6.30. The van der Waals surface area contributed by atoms with E-state index in [2.05, 4.69) is 16.0 Å². The van der Waals surface area contributed by atoms with Crippen LogP contribution < -0.4 is 16.0 Å². The van der Waals surface area contributed by atoms with Gasteiger partial charge in [-0.15, -0.1) is 0 Å². The van der Waals surface area contributed by atoms with Gasteiger partial charge in [-0.1, -0.05) is 55.8 Å². The lowest BCUT2D eigenvalue weighted by molar-refractivity contribution is -0.123. The average molecular weight is 535 g/mol. The summed E-state index contributed by atoms with van der Waals surface area (Å²) in [6, 6.07) is 8.01. The molecule has 2 unspecified atom stereocenters. The number of rotatable bonds is 12. The van der Waals surface area contributed by atoms with E-state index in [-0.39, 0.29) is 36.0 Å². The normalized spacial score (nSPS) is 20.5. The van der Waals surface area contributed by atoms with Gasteiger partial charge < -0.3 is 25.6 Å². The Balaban J connectivity index is 1.63. The van der Waals surface area contributed by atoms with Gasteiger partial charge in [0.15, 0.2) is 0 Å². The second-order valence-electron chi connectivity index (χ2n) is 11.1. The van der Waals surface area contributed by atoms with E-state index in [0.717, 1.165) is 37.9 Å². The second kappa shape index (κ2) is 15.6. The van der Waals surface area contributed by atoms with Crippen molar-refractivity contribution in [3.05, 3.63) is 34.9 Å². The SMILES string of the molecule is CNCC(CC1CCCCC1)NC(=O)N1CCCC([C@@H](OCCC(=O)NC(C)C)c2cccc(Cl)c2)C1. The number of ether oxygens (including phenoxy) is 1. The van der Waals surface area contributed by atoms with Crippen molar-refractivity contribution >= 4 is 23.5 Å². The van der Waals surface area contributed by atoms with Crippen LogP contribution in [0.4, 0.5) is 4.79 Å². The van der Waals surface area contributed by atoms with Crippen LogP contribution in [0.25, 0.3) is 0 Å². The van der Waals surface area contributed by atoms with Crippen molar-refractivity contribution in [1.29, 1.82) is 0 Å². The number of carbonyl (C=O) groups is 2. The number of amides is 3. The van der Waals surface area contributed by atoms with Crippen LogP contribution in [0.3, 0.4) is 0 Å². The molecule has 0 bridgehead atoms. The highest BCUT2D eigenvalue weighted by atomic mass is 35.5. The number of hydrogen-bond donors (Lipinski definition) is 3. The highest BCUT2D eigenvalue weighted by Crippen LogP contribution is 2.34. The number of nitrogens with zero attached hydrogens (tertiary/aromatic N) is 1. The van der Waals surface area contributed by atoms with Crippen LogP contribution >= 0.6 is 11.6 Å². The molecule has 1 heterocycles. The number of hydrogen-bond acceptors (Lipinski definition) is 4. The lowest BCUT2D eigenvalue weighted by atomic mass is 9.85. The summed E-state index contributed by atoms with van der Waals surface area (Å²) >= 11 is 6.32. The van der Waals surface area contributed by atoms with E-state index in [9.17, 15) is 9.59 Å². The first-order chi connectivity index (χ1) is 17.9. The Hall–Kier alpha value is -1.83. The molecule has 1 aliphatic heterocycles. The fraction of sp³-hybridized carbons (Fsp3) is 0.724. The van der Waals surface area contributed by atoms with Crippen LogP contribution in [-0.2, 0) is 9.53 Å². The minimum atomic E-state index is -0.225. The lowest BCUT2D eigenvalue weighted by Crippen LogP contribution is -2.52. The summed E-state index contributed by atoms with van der Waals surface area (Å²) < 4.78 is 6.34. The van der Waals surface area contributed by atoms with Gasteiger partial charge in [0.1, 0.15) is 0 Å². The van der Waals surface area contributed by atoms with Gasteiger partial charge in [-0.2, -0.15) is 0 Å². The van der Waals surface area contributed by atoms with Crippen molar-refractivity contribution in [2.75, 3.05) is 33.3 Å². The van der Waals surface area contributed by atoms with Crippen molar-refractivity contribution in [1.82, 2.24) is 20.9 Å². The molecule has 3 atom stereocenters. The Bertz CT molecular complexity index is 846. The molecule has 1 aromatic rings. The highest BCUT2D eigenvalue weighted by Gasteiger charge is 2.32. The van der Waals surface area contributed by atoms with Crippen molar-refractivity contribution < 1.29 is 14.3 Å². The van der Waals surface area contributed by atoms with Crippen molar-refractivity contribution in [3.63, 3.8) is 0 Å². The molecule has 2 aliphatic rings. The Kier molecular flexibility index (Phi) is 12.5. The fourth-order valence-electron chi connectivity index (χ4n) is 5.83. The molecule has 1 aliphatic carbocycles. The van der Waals surface area contributed by atoms with Crippen LogP contribution in [0.2, 0.25) is 5.02 Å². The van der Waals surface area contributed by atoms with Gasteiger partial charge in [0, 0.05) is 49.1 Å². The Morgan fingerprint density at radius 1 is 1.11 bits per heavy atom. The number of piperidine rings is 1. The second-order valence-corrected chi connectivity index (χ2v) is 11.5. The topological polar surface area (TPSA) is 82.7 Å². The molecule has 1 saturated carbocycles. The zero-order chi connectivity index (χ0) is 26.6. The molecule has 37 heavy (non-hydrogen) atoms. The summed E-state index contributed by atoms with van der Waals surface area (Å²) in [6.45, 7) is 6.38. The molecule has 8 heteroatoms. The third-order valence-electron chi connectivity index (χ3n) is 7.55. The van der Waals surface area contributed by atoms with Crippen LogP contribution in [0.1, 0.15) is 83.3 Å². The Labute approximate surface area is 228 Å². The molecule has 208 valence electrons. The third-order valence-corrected chi connectivity index (χ3v) is 7.78. The van der Waals surface area contributed by atoms with Crippen molar-refractivity contribution in [3.8, 4) is 0 Å². The first-order valence-electron chi connectivity index (χ1n) is 14.2. The Morgan fingerprint density at radius 2 is 1.89 bits per heavy atom. The molecule has 0 aromatic heterocycles. The monoisotopic (exact) mass is 534 g/mol. The molecule has 0 spiro atoms. The summed E-state index contributed by atoms with van der Waals surface area (Å²) in [5, 5.41) is 10.2. The number of likely N-dealkylation sites (N-methyl/N-ethyl adjacent to an activating group) is 1. The summed E-state index contributed by atoms with van der Waals surface area (Å²) in [4.78, 5) is 27.5. The van der Waals surface area contributed by atoms with Crippen LogP contribution in [0, 0.1) is 11.8 Å². The smallest absolute Gasteiger partial charge is 0.317 e. The number of urea groups is 1. The molecule has 3 amide bonds. The fourth-order valence-corrected chi connectivity index (χ4v) is 6.03. The number of halogens is 1. The number of nitrogens with one attached hydrogen (secondary N) is 3. The zero-order valence-electron chi connectivity index (χ0n) is 22.9. The Morgan fingerprint density at radius 3 is 2.59 bits per heavy atom. The standard InChI is InChI=1S/C29H47ClN4O3/c1-21(2)32-27(35)14-16-37-28(23-11-7-13-25(30)18-23)24-12-8-15-34(20-24)29(36)33-26(19-31-3)17-22-9-5-4-6-10-22/h7,11,13,18,21-22,24,26,28,31H,4-6,8-10,12,14-17,19-20H2,1-3H3,(H,32,35)(H,33,36)/t24?,26?,28-/m0/s1. The van der Waals surface area contributed by atoms with E-state index in [1.54, 1.807) is 0 Å². The molecule has 3 rings (SSSR count). The van der Waals surface area contributed by atoms with Crippen LogP contribution in [0.15, 0.2) is 24.3 Å². The summed E-state index contributed by atoms with van der Waals surface area (Å²) in [6.07, 6.45) is 9.50. The molecule has 0 radical (unpaired) electrons. The molecule has 7 nitrogen and oxygen atoms in total. The van der Waals surface area contributed by atoms with Gasteiger partial charge in [-0.25, -0.2) is 4.79 Å². The third kappa shape index (κ3) is 10.1. The van der Waals surface area contributed by atoms with Crippen molar-refractivity contribution in [2.45, 2.75) is 89.8 Å².